The average molecular weight is 392 g/mol. The van der Waals surface area contributed by atoms with Crippen LogP contribution < -0.4 is 15.8 Å². The van der Waals surface area contributed by atoms with E-state index < -0.39 is 5.91 Å². The van der Waals surface area contributed by atoms with Gasteiger partial charge in [-0.2, -0.15) is 0 Å². The molecule has 6 heteroatoms. The summed E-state index contributed by atoms with van der Waals surface area (Å²) in [5.74, 6) is 0.736. The predicted molar refractivity (Wildman–Crippen MR) is 112 cm³/mol. The number of thioether (sulfide) groups is 1. The van der Waals surface area contributed by atoms with Crippen molar-refractivity contribution in [2.24, 2.45) is 5.73 Å². The number of amides is 2. The minimum atomic E-state index is -0.539. The summed E-state index contributed by atoms with van der Waals surface area (Å²) >= 11 is 1.73. The molecule has 2 amide bonds. The zero-order valence-electron chi connectivity index (χ0n) is 15.1. The van der Waals surface area contributed by atoms with Crippen LogP contribution in [0.3, 0.4) is 0 Å². The lowest BCUT2D eigenvalue weighted by Gasteiger charge is -2.08. The van der Waals surface area contributed by atoms with Crippen molar-refractivity contribution in [2.75, 3.05) is 17.7 Å². The van der Waals surface area contributed by atoms with Crippen molar-refractivity contribution in [3.63, 3.8) is 0 Å². The van der Waals surface area contributed by atoms with E-state index in [-0.39, 0.29) is 5.91 Å². The SMILES string of the molecule is NC(=O)c1cccc(NC(=O)c2ccc(OCCSc3ccccc3)cc2)c1. The number of rotatable bonds is 8. The third kappa shape index (κ3) is 5.62. The highest BCUT2D eigenvalue weighted by atomic mass is 32.2. The molecule has 0 heterocycles. The van der Waals surface area contributed by atoms with Crippen LogP contribution in [0.15, 0.2) is 83.8 Å². The van der Waals surface area contributed by atoms with Crippen molar-refractivity contribution in [1.82, 2.24) is 0 Å². The lowest BCUT2D eigenvalue weighted by molar-refractivity contribution is 0.0996. The summed E-state index contributed by atoms with van der Waals surface area (Å²) in [5.41, 5.74) is 6.61. The van der Waals surface area contributed by atoms with E-state index in [1.165, 1.54) is 4.90 Å². The van der Waals surface area contributed by atoms with E-state index in [9.17, 15) is 9.59 Å². The van der Waals surface area contributed by atoms with Gasteiger partial charge in [-0.15, -0.1) is 11.8 Å². The van der Waals surface area contributed by atoms with Crippen LogP contribution in [-0.2, 0) is 0 Å². The Balaban J connectivity index is 1.50. The fraction of sp³-hybridized carbons (Fsp3) is 0.0909. The highest BCUT2D eigenvalue weighted by Crippen LogP contribution is 2.18. The third-order valence-electron chi connectivity index (χ3n) is 3.89. The van der Waals surface area contributed by atoms with E-state index in [1.54, 1.807) is 60.3 Å². The van der Waals surface area contributed by atoms with Crippen molar-refractivity contribution in [2.45, 2.75) is 4.90 Å². The molecule has 0 aliphatic heterocycles. The monoisotopic (exact) mass is 392 g/mol. The molecule has 0 aliphatic carbocycles. The second-order valence-electron chi connectivity index (χ2n) is 5.93. The molecule has 142 valence electrons. The average Bonchev–Trinajstić information content (AvgIpc) is 2.72. The second kappa shape index (κ2) is 9.62. The molecule has 0 unspecified atom stereocenters. The summed E-state index contributed by atoms with van der Waals surface area (Å²) < 4.78 is 5.72. The molecule has 0 aromatic heterocycles. The summed E-state index contributed by atoms with van der Waals surface area (Å²) in [5, 5.41) is 2.75. The van der Waals surface area contributed by atoms with Crippen LogP contribution in [0, 0.1) is 0 Å². The predicted octanol–water partition coefficient (Wildman–Crippen LogP) is 4.21. The lowest BCUT2D eigenvalue weighted by atomic mass is 10.1. The largest absolute Gasteiger partial charge is 0.493 e. The molecule has 0 aliphatic rings. The molecule has 0 bridgehead atoms. The molecule has 0 fully saturated rings. The van der Waals surface area contributed by atoms with Crippen LogP contribution in [-0.4, -0.2) is 24.2 Å². The molecule has 0 radical (unpaired) electrons. The zero-order chi connectivity index (χ0) is 19.8. The minimum absolute atomic E-state index is 0.271. The van der Waals surface area contributed by atoms with E-state index in [2.05, 4.69) is 17.4 Å². The van der Waals surface area contributed by atoms with Gasteiger partial charge >= 0.3 is 0 Å². The van der Waals surface area contributed by atoms with Crippen molar-refractivity contribution in [1.29, 1.82) is 0 Å². The number of hydrogen-bond donors (Lipinski definition) is 2. The van der Waals surface area contributed by atoms with E-state index in [0.29, 0.717) is 29.2 Å². The highest BCUT2D eigenvalue weighted by Gasteiger charge is 2.08. The first kappa shape index (κ1) is 19.5. The van der Waals surface area contributed by atoms with Crippen LogP contribution in [0.5, 0.6) is 5.75 Å². The van der Waals surface area contributed by atoms with E-state index in [1.807, 2.05) is 18.2 Å². The molecular formula is C22H20N2O3S. The van der Waals surface area contributed by atoms with E-state index >= 15 is 0 Å². The molecule has 28 heavy (non-hydrogen) atoms. The highest BCUT2D eigenvalue weighted by molar-refractivity contribution is 7.99. The normalized spacial score (nSPS) is 10.3. The summed E-state index contributed by atoms with van der Waals surface area (Å²) in [6, 6.07) is 23.6. The molecule has 0 spiro atoms. The summed E-state index contributed by atoms with van der Waals surface area (Å²) in [4.78, 5) is 24.8. The Morgan fingerprint density at radius 3 is 2.36 bits per heavy atom. The Kier molecular flexibility index (Phi) is 6.70. The van der Waals surface area contributed by atoms with Crippen LogP contribution in [0.25, 0.3) is 0 Å². The Labute approximate surface area is 167 Å². The smallest absolute Gasteiger partial charge is 0.255 e. The zero-order valence-corrected chi connectivity index (χ0v) is 15.9. The van der Waals surface area contributed by atoms with Gasteiger partial charge in [-0.25, -0.2) is 0 Å². The van der Waals surface area contributed by atoms with Gasteiger partial charge in [-0.1, -0.05) is 24.3 Å². The second-order valence-corrected chi connectivity index (χ2v) is 7.10. The quantitative estimate of drug-likeness (QED) is 0.444. The number of benzene rings is 3. The maximum Gasteiger partial charge on any atom is 0.255 e. The summed E-state index contributed by atoms with van der Waals surface area (Å²) in [7, 11) is 0. The molecule has 0 saturated carbocycles. The third-order valence-corrected chi connectivity index (χ3v) is 4.86. The van der Waals surface area contributed by atoms with Crippen molar-refractivity contribution in [3.05, 3.63) is 90.0 Å². The molecule has 3 rings (SSSR count). The summed E-state index contributed by atoms with van der Waals surface area (Å²) in [6.07, 6.45) is 0. The van der Waals surface area contributed by atoms with Crippen LogP contribution in [0.4, 0.5) is 5.69 Å². The Hall–Kier alpha value is -3.25. The minimum Gasteiger partial charge on any atom is -0.493 e. The molecule has 0 atom stereocenters. The maximum absolute atomic E-state index is 12.4. The molecule has 3 N–H and O–H groups in total. The number of nitrogens with one attached hydrogen (secondary N) is 1. The molecule has 3 aromatic rings. The van der Waals surface area contributed by atoms with E-state index in [0.717, 1.165) is 5.75 Å². The fourth-order valence-corrected chi connectivity index (χ4v) is 3.24. The number of nitrogens with two attached hydrogens (primary N) is 1. The number of primary amides is 1. The van der Waals surface area contributed by atoms with Crippen molar-refractivity contribution in [3.8, 4) is 5.75 Å². The molecule has 3 aromatic carbocycles. The van der Waals surface area contributed by atoms with Gasteiger partial charge in [-0.05, 0) is 54.6 Å². The Bertz CT molecular complexity index is 944. The number of hydrogen-bond acceptors (Lipinski definition) is 4. The van der Waals surface area contributed by atoms with Gasteiger partial charge in [0.1, 0.15) is 5.75 Å². The fourth-order valence-electron chi connectivity index (χ4n) is 2.49. The lowest BCUT2D eigenvalue weighted by Crippen LogP contribution is -2.14. The number of anilines is 1. The van der Waals surface area contributed by atoms with Gasteiger partial charge < -0.3 is 15.8 Å². The Morgan fingerprint density at radius 2 is 1.64 bits per heavy atom. The van der Waals surface area contributed by atoms with Crippen molar-refractivity contribution >= 4 is 29.3 Å². The van der Waals surface area contributed by atoms with Crippen LogP contribution >= 0.6 is 11.8 Å². The standard InChI is InChI=1S/C22H20N2O3S/c23-21(25)17-5-4-6-18(15-17)24-22(26)16-9-11-19(12-10-16)27-13-14-28-20-7-2-1-3-8-20/h1-12,15H,13-14H2,(H2,23,25)(H,24,26). The molecule has 5 nitrogen and oxygen atoms in total. The van der Waals surface area contributed by atoms with Gasteiger partial charge in [0.2, 0.25) is 5.91 Å². The maximum atomic E-state index is 12.4. The molecule has 0 saturated heterocycles. The van der Waals surface area contributed by atoms with Gasteiger partial charge in [0.25, 0.3) is 5.91 Å². The van der Waals surface area contributed by atoms with Crippen LogP contribution in [0.2, 0.25) is 0 Å². The van der Waals surface area contributed by atoms with Crippen molar-refractivity contribution < 1.29 is 14.3 Å². The van der Waals surface area contributed by atoms with Gasteiger partial charge in [0.15, 0.2) is 0 Å². The number of ether oxygens (including phenoxy) is 1. The topological polar surface area (TPSA) is 81.4 Å². The van der Waals surface area contributed by atoms with E-state index in [4.69, 9.17) is 10.5 Å². The first-order valence-corrected chi connectivity index (χ1v) is 9.72. The number of carbonyl (C=O) groups excluding carboxylic acids is 2. The number of carbonyl (C=O) groups is 2. The van der Waals surface area contributed by atoms with Gasteiger partial charge in [0.05, 0.1) is 6.61 Å². The van der Waals surface area contributed by atoms with Gasteiger partial charge in [0, 0.05) is 27.5 Å². The summed E-state index contributed by atoms with van der Waals surface area (Å²) in [6.45, 7) is 0.574. The first-order valence-electron chi connectivity index (χ1n) is 8.74. The van der Waals surface area contributed by atoms with Gasteiger partial charge in [-0.3, -0.25) is 9.59 Å². The first-order chi connectivity index (χ1) is 13.6. The Morgan fingerprint density at radius 1 is 0.893 bits per heavy atom. The van der Waals surface area contributed by atoms with Crippen LogP contribution in [0.1, 0.15) is 20.7 Å². The molecular weight excluding hydrogens is 372 g/mol.